The lowest BCUT2D eigenvalue weighted by atomic mass is 10.2. The van der Waals surface area contributed by atoms with Gasteiger partial charge in [0.1, 0.15) is 0 Å². The molecule has 0 spiro atoms. The summed E-state index contributed by atoms with van der Waals surface area (Å²) in [6.07, 6.45) is -1.30. The third-order valence-corrected chi connectivity index (χ3v) is 1.18. The first-order chi connectivity index (χ1) is 5.20. The smallest absolute Gasteiger partial charge is 0.271 e. The number of para-hydroxylation sites is 1. The maximum absolute atomic E-state index is 11.6. The van der Waals surface area contributed by atoms with Crippen LogP contribution < -0.4 is 0 Å². The van der Waals surface area contributed by atoms with E-state index in [-0.39, 0.29) is 11.3 Å². The summed E-state index contributed by atoms with van der Waals surface area (Å²) >= 11 is 0. The summed E-state index contributed by atoms with van der Waals surface area (Å²) in [5.41, 5.74) is 0.0208. The first-order valence-corrected chi connectivity index (χ1v) is 2.99. The molecule has 1 aromatic carbocycles. The fraction of sp³-hybridized carbons (Fsp3) is 0. The Kier molecular flexibility index (Phi) is 2.21. The minimum Gasteiger partial charge on any atom is -0.289 e. The molecular formula is C8H5F2O. The summed E-state index contributed by atoms with van der Waals surface area (Å²) in [7, 11) is 0. The Bertz CT molecular complexity index is 277. The van der Waals surface area contributed by atoms with E-state index in [2.05, 4.69) is 0 Å². The summed E-state index contributed by atoms with van der Waals surface area (Å²) in [4.78, 5) is 0. The molecule has 1 nitrogen and oxygen atoms in total. The predicted molar refractivity (Wildman–Crippen MR) is 36.8 cm³/mol. The van der Waals surface area contributed by atoms with Gasteiger partial charge in [-0.25, -0.2) is 0 Å². The highest BCUT2D eigenvalue weighted by Crippen LogP contribution is 2.20. The normalized spacial score (nSPS) is 9.27. The van der Waals surface area contributed by atoms with Gasteiger partial charge in [0.15, 0.2) is 5.75 Å². The molecule has 0 fully saturated rings. The molecule has 3 heteroatoms. The SMILES string of the molecule is [O]c1ccccc1C=C(F)F. The monoisotopic (exact) mass is 155 g/mol. The van der Waals surface area contributed by atoms with Crippen LogP contribution in [0.15, 0.2) is 30.3 Å². The third kappa shape index (κ3) is 2.04. The topological polar surface area (TPSA) is 19.9 Å². The van der Waals surface area contributed by atoms with Gasteiger partial charge in [-0.2, -0.15) is 8.78 Å². The van der Waals surface area contributed by atoms with E-state index in [1.54, 1.807) is 0 Å². The van der Waals surface area contributed by atoms with E-state index in [1.165, 1.54) is 24.3 Å². The summed E-state index contributed by atoms with van der Waals surface area (Å²) in [5, 5.41) is 10.8. The highest BCUT2D eigenvalue weighted by molar-refractivity contribution is 5.56. The second kappa shape index (κ2) is 3.14. The second-order valence-electron chi connectivity index (χ2n) is 1.97. The van der Waals surface area contributed by atoms with E-state index in [0.29, 0.717) is 6.08 Å². The van der Waals surface area contributed by atoms with Crippen molar-refractivity contribution in [2.24, 2.45) is 0 Å². The van der Waals surface area contributed by atoms with Crippen molar-refractivity contribution < 1.29 is 13.9 Å². The molecule has 0 aromatic heterocycles. The molecule has 0 atom stereocenters. The number of halogens is 2. The quantitative estimate of drug-likeness (QED) is 0.593. The zero-order valence-electron chi connectivity index (χ0n) is 5.55. The van der Waals surface area contributed by atoms with Gasteiger partial charge in [0.2, 0.25) is 0 Å². The molecule has 0 saturated heterocycles. The maximum Gasteiger partial charge on any atom is 0.271 e. The van der Waals surface area contributed by atoms with E-state index >= 15 is 0 Å². The van der Waals surface area contributed by atoms with Crippen LogP contribution in [0, 0.1) is 0 Å². The van der Waals surface area contributed by atoms with Crippen molar-refractivity contribution >= 4 is 6.08 Å². The molecule has 1 radical (unpaired) electrons. The second-order valence-corrected chi connectivity index (χ2v) is 1.97. The summed E-state index contributed by atoms with van der Waals surface area (Å²) in [6, 6.07) is 5.64. The van der Waals surface area contributed by atoms with Crippen molar-refractivity contribution in [3.8, 4) is 5.75 Å². The minimum absolute atomic E-state index is 0.0208. The first kappa shape index (κ1) is 7.72. The summed E-state index contributed by atoms with van der Waals surface area (Å²) in [5.74, 6) is -0.389. The molecule has 0 heterocycles. The maximum atomic E-state index is 11.6. The van der Waals surface area contributed by atoms with E-state index in [1.807, 2.05) is 0 Å². The van der Waals surface area contributed by atoms with Gasteiger partial charge < -0.3 is 0 Å². The Labute approximate surface area is 62.6 Å². The molecule has 0 saturated carbocycles. The molecule has 57 valence electrons. The van der Waals surface area contributed by atoms with Gasteiger partial charge in [-0.1, -0.05) is 18.2 Å². The predicted octanol–water partition coefficient (Wildman–Crippen LogP) is 3.07. The van der Waals surface area contributed by atoms with Crippen LogP contribution in [-0.4, -0.2) is 0 Å². The Morgan fingerprint density at radius 2 is 1.91 bits per heavy atom. The molecule has 0 bridgehead atoms. The van der Waals surface area contributed by atoms with E-state index in [4.69, 9.17) is 0 Å². The molecule has 1 rings (SSSR count). The first-order valence-electron chi connectivity index (χ1n) is 2.99. The Morgan fingerprint density at radius 1 is 1.27 bits per heavy atom. The molecule has 0 unspecified atom stereocenters. The lowest BCUT2D eigenvalue weighted by molar-refractivity contribution is 0.353. The van der Waals surface area contributed by atoms with Crippen LogP contribution in [0.2, 0.25) is 0 Å². The molecule has 0 aliphatic rings. The van der Waals surface area contributed by atoms with Crippen molar-refractivity contribution in [3.63, 3.8) is 0 Å². The van der Waals surface area contributed by atoms with Crippen LogP contribution in [0.25, 0.3) is 6.08 Å². The molecule has 0 amide bonds. The largest absolute Gasteiger partial charge is 0.289 e. The summed E-state index contributed by atoms with van der Waals surface area (Å²) < 4.78 is 23.2. The number of benzene rings is 1. The average Bonchev–Trinajstić information content (AvgIpc) is 1.93. The lowest BCUT2D eigenvalue weighted by Gasteiger charge is -1.91. The van der Waals surface area contributed by atoms with Crippen molar-refractivity contribution in [1.29, 1.82) is 0 Å². The zero-order valence-corrected chi connectivity index (χ0v) is 5.55. The highest BCUT2D eigenvalue weighted by Gasteiger charge is 1.99. The van der Waals surface area contributed by atoms with E-state index in [9.17, 15) is 13.9 Å². The molecule has 0 N–H and O–H groups in total. The lowest BCUT2D eigenvalue weighted by Crippen LogP contribution is -1.71. The van der Waals surface area contributed by atoms with Crippen molar-refractivity contribution in [3.05, 3.63) is 35.9 Å². The fourth-order valence-corrected chi connectivity index (χ4v) is 0.717. The number of hydrogen-bond acceptors (Lipinski definition) is 0. The van der Waals surface area contributed by atoms with Crippen LogP contribution in [0.4, 0.5) is 8.78 Å². The van der Waals surface area contributed by atoms with E-state index in [0.717, 1.165) is 0 Å². The Morgan fingerprint density at radius 3 is 2.45 bits per heavy atom. The average molecular weight is 155 g/mol. The van der Waals surface area contributed by atoms with E-state index < -0.39 is 6.08 Å². The van der Waals surface area contributed by atoms with Crippen molar-refractivity contribution in [2.45, 2.75) is 0 Å². The molecule has 1 aromatic rings. The summed E-state index contributed by atoms with van der Waals surface area (Å²) in [6.45, 7) is 0. The van der Waals surface area contributed by atoms with Crippen molar-refractivity contribution in [2.75, 3.05) is 0 Å². The van der Waals surface area contributed by atoms with Gasteiger partial charge in [-0.15, -0.1) is 0 Å². The minimum atomic E-state index is -1.85. The van der Waals surface area contributed by atoms with Gasteiger partial charge >= 0.3 is 0 Å². The fourth-order valence-electron chi connectivity index (χ4n) is 0.717. The Balaban J connectivity index is 3.04. The van der Waals surface area contributed by atoms with Gasteiger partial charge in [-0.05, 0) is 6.07 Å². The molecular weight excluding hydrogens is 150 g/mol. The van der Waals surface area contributed by atoms with Crippen molar-refractivity contribution in [1.82, 2.24) is 0 Å². The number of hydrogen-bond donors (Lipinski definition) is 0. The van der Waals surface area contributed by atoms with Gasteiger partial charge in [0.25, 0.3) is 6.08 Å². The molecule has 0 aliphatic carbocycles. The van der Waals surface area contributed by atoms with Crippen LogP contribution in [0.3, 0.4) is 0 Å². The standard InChI is InChI=1S/C8H5F2O/c9-8(10)5-6-3-1-2-4-7(6)11/h1-5H. The van der Waals surface area contributed by atoms with Crippen LogP contribution in [0.1, 0.15) is 5.56 Å². The Hall–Kier alpha value is -1.38. The third-order valence-electron chi connectivity index (χ3n) is 1.18. The van der Waals surface area contributed by atoms with Gasteiger partial charge in [0.05, 0.1) is 0 Å². The zero-order chi connectivity index (χ0) is 8.27. The van der Waals surface area contributed by atoms with Crippen LogP contribution >= 0.6 is 0 Å². The highest BCUT2D eigenvalue weighted by atomic mass is 19.3. The van der Waals surface area contributed by atoms with Crippen LogP contribution in [-0.2, 0) is 5.11 Å². The van der Waals surface area contributed by atoms with Gasteiger partial charge in [0, 0.05) is 11.6 Å². The number of rotatable bonds is 1. The molecule has 11 heavy (non-hydrogen) atoms. The van der Waals surface area contributed by atoms with Gasteiger partial charge in [-0.3, -0.25) is 5.11 Å². The van der Waals surface area contributed by atoms with Crippen LogP contribution in [0.5, 0.6) is 5.75 Å². The molecule has 0 aliphatic heterocycles.